The lowest BCUT2D eigenvalue weighted by Crippen LogP contribution is -2.18. The summed E-state index contributed by atoms with van der Waals surface area (Å²) in [7, 11) is 0. The summed E-state index contributed by atoms with van der Waals surface area (Å²) in [5, 5.41) is 13.0. The van der Waals surface area contributed by atoms with Crippen molar-refractivity contribution in [3.63, 3.8) is 0 Å². The molecule has 3 nitrogen and oxygen atoms in total. The van der Waals surface area contributed by atoms with Crippen molar-refractivity contribution < 1.29 is 4.39 Å². The Morgan fingerprint density at radius 3 is 2.85 bits per heavy atom. The Kier molecular flexibility index (Phi) is 3.51. The third-order valence-corrected chi connectivity index (χ3v) is 3.96. The number of halogens is 1. The Morgan fingerprint density at radius 1 is 1.35 bits per heavy atom. The quantitative estimate of drug-likeness (QED) is 0.851. The second-order valence-electron chi connectivity index (χ2n) is 5.39. The number of rotatable bonds is 4. The first-order chi connectivity index (χ1) is 9.76. The monoisotopic (exact) mass is 269 g/mol. The van der Waals surface area contributed by atoms with Gasteiger partial charge in [0.05, 0.1) is 18.7 Å². The second kappa shape index (κ2) is 5.46. The highest BCUT2D eigenvalue weighted by atomic mass is 19.1. The number of benzene rings is 1. The molecule has 102 valence electrons. The summed E-state index contributed by atoms with van der Waals surface area (Å²) in [4.78, 5) is 0. The fraction of sp³-hybridized carbons (Fsp3) is 0.375. The smallest absolute Gasteiger partial charge is 0.128 e. The van der Waals surface area contributed by atoms with Gasteiger partial charge in [-0.05, 0) is 30.4 Å². The molecule has 1 fully saturated rings. The molecular formula is C16H16FN3. The Hall–Kier alpha value is -2.15. The average molecular weight is 269 g/mol. The number of hydrogen-bond acceptors (Lipinski definition) is 2. The molecular weight excluding hydrogens is 253 g/mol. The van der Waals surface area contributed by atoms with E-state index in [1.54, 1.807) is 12.3 Å². The van der Waals surface area contributed by atoms with Crippen molar-refractivity contribution in [2.75, 3.05) is 0 Å². The van der Waals surface area contributed by atoms with Crippen molar-refractivity contribution in [1.82, 2.24) is 9.78 Å². The normalized spacial score (nSPS) is 14.8. The number of nitrogens with zero attached hydrogens (tertiary/aromatic N) is 3. The molecule has 0 unspecified atom stereocenters. The summed E-state index contributed by atoms with van der Waals surface area (Å²) >= 11 is 0. The van der Waals surface area contributed by atoms with Gasteiger partial charge in [-0.2, -0.15) is 10.4 Å². The standard InChI is InChI=1S/C16H16FN3/c17-16-8-14(5-4-13(16)6-7-18)15-9-19-20(11-15)10-12-2-1-3-12/h4-5,8-9,11-12H,1-3,6,10H2. The zero-order valence-corrected chi connectivity index (χ0v) is 11.2. The van der Waals surface area contributed by atoms with E-state index >= 15 is 0 Å². The van der Waals surface area contributed by atoms with Crippen LogP contribution in [0.3, 0.4) is 0 Å². The van der Waals surface area contributed by atoms with E-state index in [4.69, 9.17) is 5.26 Å². The maximum Gasteiger partial charge on any atom is 0.128 e. The topological polar surface area (TPSA) is 41.6 Å². The number of nitriles is 1. The summed E-state index contributed by atoms with van der Waals surface area (Å²) in [5.41, 5.74) is 2.17. The van der Waals surface area contributed by atoms with Crippen LogP contribution in [0.2, 0.25) is 0 Å². The van der Waals surface area contributed by atoms with E-state index in [9.17, 15) is 4.39 Å². The molecule has 1 saturated carbocycles. The van der Waals surface area contributed by atoms with Crippen LogP contribution in [0.15, 0.2) is 30.6 Å². The fourth-order valence-electron chi connectivity index (χ4n) is 2.51. The minimum absolute atomic E-state index is 0.104. The van der Waals surface area contributed by atoms with E-state index < -0.39 is 0 Å². The van der Waals surface area contributed by atoms with Crippen LogP contribution in [-0.4, -0.2) is 9.78 Å². The van der Waals surface area contributed by atoms with Gasteiger partial charge >= 0.3 is 0 Å². The Labute approximate surface area is 117 Å². The van der Waals surface area contributed by atoms with Gasteiger partial charge in [-0.3, -0.25) is 4.68 Å². The van der Waals surface area contributed by atoms with E-state index in [0.717, 1.165) is 23.6 Å². The van der Waals surface area contributed by atoms with Gasteiger partial charge in [0.25, 0.3) is 0 Å². The zero-order chi connectivity index (χ0) is 13.9. The Bertz CT molecular complexity index is 650. The van der Waals surface area contributed by atoms with Gasteiger partial charge in [0.15, 0.2) is 0 Å². The first kappa shape index (κ1) is 12.9. The van der Waals surface area contributed by atoms with Crippen LogP contribution >= 0.6 is 0 Å². The first-order valence-corrected chi connectivity index (χ1v) is 6.94. The van der Waals surface area contributed by atoms with Crippen LogP contribution in [0.25, 0.3) is 11.1 Å². The van der Waals surface area contributed by atoms with E-state index in [1.807, 2.05) is 23.0 Å². The molecule has 0 radical (unpaired) electrons. The average Bonchev–Trinajstić information content (AvgIpc) is 2.85. The molecule has 1 aromatic heterocycles. The van der Waals surface area contributed by atoms with Crippen LogP contribution in [0.5, 0.6) is 0 Å². The molecule has 1 aliphatic carbocycles. The lowest BCUT2D eigenvalue weighted by molar-refractivity contribution is 0.266. The molecule has 3 rings (SSSR count). The Morgan fingerprint density at radius 2 is 2.20 bits per heavy atom. The molecule has 0 spiro atoms. The highest BCUT2D eigenvalue weighted by Gasteiger charge is 2.18. The van der Waals surface area contributed by atoms with Crippen LogP contribution in [0.4, 0.5) is 4.39 Å². The summed E-state index contributed by atoms with van der Waals surface area (Å²) in [6.07, 6.45) is 7.74. The number of aromatic nitrogens is 2. The molecule has 0 N–H and O–H groups in total. The van der Waals surface area contributed by atoms with Crippen LogP contribution in [0.1, 0.15) is 24.8 Å². The van der Waals surface area contributed by atoms with Gasteiger partial charge in [-0.25, -0.2) is 4.39 Å². The van der Waals surface area contributed by atoms with Crippen molar-refractivity contribution >= 4 is 0 Å². The van der Waals surface area contributed by atoms with Crippen molar-refractivity contribution in [1.29, 1.82) is 5.26 Å². The molecule has 0 aliphatic heterocycles. The second-order valence-corrected chi connectivity index (χ2v) is 5.39. The van der Waals surface area contributed by atoms with E-state index in [2.05, 4.69) is 5.10 Å². The van der Waals surface area contributed by atoms with Crippen molar-refractivity contribution in [3.8, 4) is 17.2 Å². The molecule has 0 saturated heterocycles. The van der Waals surface area contributed by atoms with Gasteiger partial charge in [-0.15, -0.1) is 0 Å². The summed E-state index contributed by atoms with van der Waals surface area (Å²) in [5.74, 6) is 0.424. The van der Waals surface area contributed by atoms with Crippen molar-refractivity contribution in [2.24, 2.45) is 5.92 Å². The van der Waals surface area contributed by atoms with Gasteiger partial charge < -0.3 is 0 Å². The van der Waals surface area contributed by atoms with Crippen LogP contribution in [-0.2, 0) is 13.0 Å². The molecule has 0 atom stereocenters. The van der Waals surface area contributed by atoms with Crippen molar-refractivity contribution in [2.45, 2.75) is 32.2 Å². The SMILES string of the molecule is N#CCc1ccc(-c2cnn(CC3CCC3)c2)cc1F. The minimum atomic E-state index is -0.323. The predicted octanol–water partition coefficient (Wildman–Crippen LogP) is 3.56. The number of hydrogen-bond donors (Lipinski definition) is 0. The van der Waals surface area contributed by atoms with Crippen molar-refractivity contribution in [3.05, 3.63) is 42.0 Å². The highest BCUT2D eigenvalue weighted by molar-refractivity contribution is 5.62. The largest absolute Gasteiger partial charge is 0.272 e. The third kappa shape index (κ3) is 2.57. The molecule has 20 heavy (non-hydrogen) atoms. The fourth-order valence-corrected chi connectivity index (χ4v) is 2.51. The predicted molar refractivity (Wildman–Crippen MR) is 74.3 cm³/mol. The molecule has 1 aliphatic rings. The lowest BCUT2D eigenvalue weighted by atomic mass is 9.85. The Balaban J connectivity index is 1.78. The highest BCUT2D eigenvalue weighted by Crippen LogP contribution is 2.28. The molecule has 2 aromatic rings. The summed E-state index contributed by atoms with van der Waals surface area (Å²) in [6, 6.07) is 6.98. The lowest BCUT2D eigenvalue weighted by Gasteiger charge is -2.24. The maximum atomic E-state index is 13.8. The zero-order valence-electron chi connectivity index (χ0n) is 11.2. The maximum absolute atomic E-state index is 13.8. The van der Waals surface area contributed by atoms with E-state index in [-0.39, 0.29) is 12.2 Å². The third-order valence-electron chi connectivity index (χ3n) is 3.96. The van der Waals surface area contributed by atoms with Gasteiger partial charge in [0, 0.05) is 23.9 Å². The molecule has 0 bridgehead atoms. The van der Waals surface area contributed by atoms with Gasteiger partial charge in [-0.1, -0.05) is 18.6 Å². The summed E-state index contributed by atoms with van der Waals surface area (Å²) < 4.78 is 15.8. The van der Waals surface area contributed by atoms with E-state index in [0.29, 0.717) is 5.56 Å². The molecule has 0 amide bonds. The van der Waals surface area contributed by atoms with Gasteiger partial charge in [0.2, 0.25) is 0 Å². The van der Waals surface area contributed by atoms with E-state index in [1.165, 1.54) is 25.3 Å². The van der Waals surface area contributed by atoms with Crippen LogP contribution in [0, 0.1) is 23.1 Å². The molecule has 4 heteroatoms. The van der Waals surface area contributed by atoms with Crippen LogP contribution < -0.4 is 0 Å². The molecule has 1 heterocycles. The first-order valence-electron chi connectivity index (χ1n) is 6.94. The van der Waals surface area contributed by atoms with Gasteiger partial charge in [0.1, 0.15) is 5.82 Å². The minimum Gasteiger partial charge on any atom is -0.272 e. The molecule has 1 aromatic carbocycles. The summed E-state index contributed by atoms with van der Waals surface area (Å²) in [6.45, 7) is 0.953.